The predicted octanol–water partition coefficient (Wildman–Crippen LogP) is 4.94. The Labute approximate surface area is 236 Å². The first-order valence-corrected chi connectivity index (χ1v) is 13.6. The molecule has 9 heteroatoms. The van der Waals surface area contributed by atoms with Crippen molar-refractivity contribution in [1.29, 1.82) is 0 Å². The largest absolute Gasteiger partial charge is 0.367 e. The summed E-state index contributed by atoms with van der Waals surface area (Å²) in [4.78, 5) is 41.9. The average Bonchev–Trinajstić information content (AvgIpc) is 3.59. The molecule has 6 N–H and O–H groups in total. The minimum absolute atomic E-state index is 0.218. The zero-order valence-electron chi connectivity index (χ0n) is 22.2. The number of carbonyl (C=O) groups is 3. The fourth-order valence-corrected chi connectivity index (χ4v) is 5.79. The summed E-state index contributed by atoms with van der Waals surface area (Å²) in [6.07, 6.45) is 1.86. The van der Waals surface area contributed by atoms with Crippen molar-refractivity contribution >= 4 is 46.1 Å². The van der Waals surface area contributed by atoms with E-state index in [9.17, 15) is 14.4 Å². The van der Waals surface area contributed by atoms with Crippen LogP contribution in [0.3, 0.4) is 0 Å². The van der Waals surface area contributed by atoms with Gasteiger partial charge in [0.15, 0.2) is 5.37 Å². The zero-order valence-corrected chi connectivity index (χ0v) is 23.0. The minimum Gasteiger partial charge on any atom is -0.367 e. The lowest BCUT2D eigenvalue weighted by atomic mass is 9.94. The molecule has 1 aliphatic heterocycles. The van der Waals surface area contributed by atoms with E-state index in [1.54, 1.807) is 13.0 Å². The number of nitrogens with two attached hydrogens (primary N) is 2. The molecule has 1 aliphatic rings. The number of nitrogens with one attached hydrogen (secondary N) is 2. The number of H-pyrrole nitrogens is 1. The second kappa shape index (κ2) is 10.8. The smallest absolute Gasteiger partial charge is 0.251 e. The molecule has 0 spiro atoms. The van der Waals surface area contributed by atoms with Gasteiger partial charge in [-0.05, 0) is 59.7 Å². The summed E-state index contributed by atoms with van der Waals surface area (Å²) in [5.41, 5.74) is 19.1. The second-order valence-corrected chi connectivity index (χ2v) is 10.6. The van der Waals surface area contributed by atoms with Crippen molar-refractivity contribution in [3.8, 4) is 22.4 Å². The highest BCUT2D eigenvalue weighted by Gasteiger charge is 2.28. The summed E-state index contributed by atoms with van der Waals surface area (Å²) in [7, 11) is 0. The standard InChI is InChI=1S/C31H29N5O3S/c1-17(2)30(39)34-16-19-7-4-5-8-21(19)25-15-24-22(11-12-23(28(32)37)27(24)35-25)20-9-6-10-26(18(20)3)36-13-14-40-31(36)29(33)38/h4-15,31,35H,1,16H2,2-3H3,(H2,32,37)(H2,33,38)(H,34,39). The highest BCUT2D eigenvalue weighted by Crippen LogP contribution is 2.40. The van der Waals surface area contributed by atoms with Crippen molar-refractivity contribution < 1.29 is 14.4 Å². The number of benzene rings is 3. The number of amides is 3. The molecule has 202 valence electrons. The summed E-state index contributed by atoms with van der Waals surface area (Å²) >= 11 is 1.36. The number of thioether (sulfide) groups is 1. The molecule has 4 aromatic rings. The molecule has 3 aromatic carbocycles. The van der Waals surface area contributed by atoms with Gasteiger partial charge in [-0.1, -0.05) is 60.8 Å². The van der Waals surface area contributed by atoms with Crippen LogP contribution in [-0.4, -0.2) is 28.1 Å². The Hall–Kier alpha value is -4.76. The first-order chi connectivity index (χ1) is 19.2. The molecule has 0 bridgehead atoms. The third-order valence-corrected chi connectivity index (χ3v) is 7.99. The van der Waals surface area contributed by atoms with Gasteiger partial charge in [0.2, 0.25) is 5.91 Å². The lowest BCUT2D eigenvalue weighted by molar-refractivity contribution is -0.118. The lowest BCUT2D eigenvalue weighted by Crippen LogP contribution is -2.37. The number of carbonyl (C=O) groups excluding carboxylic acids is 3. The summed E-state index contributed by atoms with van der Waals surface area (Å²) < 4.78 is 0. The van der Waals surface area contributed by atoms with Gasteiger partial charge in [-0.2, -0.15) is 0 Å². The van der Waals surface area contributed by atoms with E-state index in [-0.39, 0.29) is 5.91 Å². The van der Waals surface area contributed by atoms with Gasteiger partial charge in [-0.25, -0.2) is 0 Å². The van der Waals surface area contributed by atoms with Gasteiger partial charge in [-0.3, -0.25) is 14.4 Å². The molecule has 1 atom stereocenters. The van der Waals surface area contributed by atoms with E-state index in [0.717, 1.165) is 44.6 Å². The summed E-state index contributed by atoms with van der Waals surface area (Å²) in [5, 5.41) is 5.05. The number of nitrogens with zero attached hydrogens (tertiary/aromatic N) is 1. The van der Waals surface area contributed by atoms with E-state index in [0.29, 0.717) is 23.2 Å². The fraction of sp³-hybridized carbons (Fsp3) is 0.129. The molecule has 0 fully saturated rings. The van der Waals surface area contributed by atoms with Crippen LogP contribution in [0.25, 0.3) is 33.3 Å². The predicted molar refractivity (Wildman–Crippen MR) is 161 cm³/mol. The topological polar surface area (TPSA) is 134 Å². The normalized spacial score (nSPS) is 14.4. The van der Waals surface area contributed by atoms with Gasteiger partial charge < -0.3 is 26.7 Å². The third kappa shape index (κ3) is 4.87. The maximum Gasteiger partial charge on any atom is 0.251 e. The Morgan fingerprint density at radius 1 is 1.02 bits per heavy atom. The molecule has 1 unspecified atom stereocenters. The van der Waals surface area contributed by atoms with Gasteiger partial charge in [0.25, 0.3) is 11.8 Å². The Morgan fingerprint density at radius 3 is 2.50 bits per heavy atom. The quantitative estimate of drug-likeness (QED) is 0.230. The van der Waals surface area contributed by atoms with E-state index in [4.69, 9.17) is 11.5 Å². The SMILES string of the molecule is C=C(C)C(=O)NCc1ccccc1-c1cc2c(-c3cccc(N4C=CSC4C(N)=O)c3C)ccc(C(N)=O)c2[nH]1. The highest BCUT2D eigenvalue weighted by molar-refractivity contribution is 8.03. The molecule has 8 nitrogen and oxygen atoms in total. The van der Waals surface area contributed by atoms with Crippen molar-refractivity contribution in [3.05, 3.63) is 101 Å². The summed E-state index contributed by atoms with van der Waals surface area (Å²) in [6, 6.07) is 19.3. The van der Waals surface area contributed by atoms with Crippen LogP contribution in [0.1, 0.15) is 28.4 Å². The van der Waals surface area contributed by atoms with E-state index in [1.165, 1.54) is 11.8 Å². The van der Waals surface area contributed by atoms with Gasteiger partial charge in [0, 0.05) is 40.6 Å². The lowest BCUT2D eigenvalue weighted by Gasteiger charge is -2.25. The van der Waals surface area contributed by atoms with Crippen molar-refractivity contribution in [2.24, 2.45) is 11.5 Å². The molecule has 0 radical (unpaired) electrons. The molecule has 3 amide bonds. The number of anilines is 1. The molecular weight excluding hydrogens is 522 g/mol. The molecular formula is C31H29N5O3S. The summed E-state index contributed by atoms with van der Waals surface area (Å²) in [6.45, 7) is 7.68. The Balaban J connectivity index is 1.64. The van der Waals surface area contributed by atoms with Crippen LogP contribution in [0.4, 0.5) is 5.69 Å². The van der Waals surface area contributed by atoms with E-state index in [2.05, 4.69) is 16.9 Å². The third-order valence-electron chi connectivity index (χ3n) is 6.99. The van der Waals surface area contributed by atoms with Gasteiger partial charge in [0.05, 0.1) is 11.1 Å². The van der Waals surface area contributed by atoms with Crippen LogP contribution in [-0.2, 0) is 16.1 Å². The molecule has 0 saturated carbocycles. The Kier molecular flexibility index (Phi) is 7.23. The first kappa shape index (κ1) is 26.8. The van der Waals surface area contributed by atoms with Crippen LogP contribution >= 0.6 is 11.8 Å². The molecule has 5 rings (SSSR count). The number of aromatic nitrogens is 1. The van der Waals surface area contributed by atoms with Crippen molar-refractivity contribution in [2.45, 2.75) is 25.8 Å². The monoisotopic (exact) mass is 551 g/mol. The number of aromatic amines is 1. The number of primary amides is 2. The number of rotatable bonds is 8. The van der Waals surface area contributed by atoms with Crippen LogP contribution in [0.2, 0.25) is 0 Å². The fourth-order valence-electron chi connectivity index (χ4n) is 4.99. The van der Waals surface area contributed by atoms with Crippen LogP contribution in [0.15, 0.2) is 84.4 Å². The first-order valence-electron chi connectivity index (χ1n) is 12.6. The van der Waals surface area contributed by atoms with E-state index < -0.39 is 17.2 Å². The number of fused-ring (bicyclic) bond motifs is 1. The van der Waals surface area contributed by atoms with Crippen molar-refractivity contribution in [1.82, 2.24) is 10.3 Å². The molecule has 40 heavy (non-hydrogen) atoms. The van der Waals surface area contributed by atoms with E-state index in [1.807, 2.05) is 78.0 Å². The van der Waals surface area contributed by atoms with Crippen LogP contribution in [0, 0.1) is 6.92 Å². The second-order valence-electron chi connectivity index (χ2n) is 9.65. The van der Waals surface area contributed by atoms with Crippen LogP contribution in [0.5, 0.6) is 0 Å². The maximum absolute atomic E-state index is 12.4. The van der Waals surface area contributed by atoms with Gasteiger partial charge in [-0.15, -0.1) is 0 Å². The highest BCUT2D eigenvalue weighted by atomic mass is 32.2. The van der Waals surface area contributed by atoms with Gasteiger partial charge >= 0.3 is 0 Å². The maximum atomic E-state index is 12.4. The zero-order chi connectivity index (χ0) is 28.6. The minimum atomic E-state index is -0.541. The molecule has 0 saturated heterocycles. The Bertz CT molecular complexity index is 1720. The van der Waals surface area contributed by atoms with Crippen molar-refractivity contribution in [3.63, 3.8) is 0 Å². The van der Waals surface area contributed by atoms with E-state index >= 15 is 0 Å². The van der Waals surface area contributed by atoms with Crippen molar-refractivity contribution in [2.75, 3.05) is 4.90 Å². The number of hydrogen-bond acceptors (Lipinski definition) is 5. The van der Waals surface area contributed by atoms with Crippen LogP contribution < -0.4 is 21.7 Å². The average molecular weight is 552 g/mol. The van der Waals surface area contributed by atoms with Gasteiger partial charge in [0.1, 0.15) is 0 Å². The molecule has 0 aliphatic carbocycles. The Morgan fingerprint density at radius 2 is 1.77 bits per heavy atom. The number of hydrogen-bond donors (Lipinski definition) is 4. The summed E-state index contributed by atoms with van der Waals surface area (Å²) in [5.74, 6) is -1.17. The molecule has 2 heterocycles. The molecule has 1 aromatic heterocycles.